The number of amides is 1. The summed E-state index contributed by atoms with van der Waals surface area (Å²) in [5.41, 5.74) is 0.133. The lowest BCUT2D eigenvalue weighted by atomic mass is 9.70. The lowest BCUT2D eigenvalue weighted by Gasteiger charge is -2.36. The highest BCUT2D eigenvalue weighted by Crippen LogP contribution is 2.40. The minimum Gasteiger partial charge on any atom is -0.452 e. The van der Waals surface area contributed by atoms with Gasteiger partial charge in [-0.05, 0) is 50.0 Å². The smallest absolute Gasteiger partial charge is 0.309 e. The topological polar surface area (TPSA) is 98.5 Å². The maximum absolute atomic E-state index is 12.4. The second-order valence-corrected chi connectivity index (χ2v) is 8.81. The van der Waals surface area contributed by atoms with Gasteiger partial charge in [0.05, 0.1) is 21.6 Å². The number of ether oxygens (including phenoxy) is 1. The third-order valence-corrected chi connectivity index (χ3v) is 5.70. The lowest BCUT2D eigenvalue weighted by molar-refractivity contribution is -0.384. The van der Waals surface area contributed by atoms with Crippen molar-refractivity contribution in [3.8, 4) is 0 Å². The molecule has 1 fully saturated rings. The van der Waals surface area contributed by atoms with E-state index in [4.69, 9.17) is 16.3 Å². The van der Waals surface area contributed by atoms with Gasteiger partial charge in [0.25, 0.3) is 11.6 Å². The van der Waals surface area contributed by atoms with Gasteiger partial charge in [-0.2, -0.15) is 0 Å². The van der Waals surface area contributed by atoms with Crippen molar-refractivity contribution in [2.45, 2.75) is 59.5 Å². The number of esters is 1. The fourth-order valence-corrected chi connectivity index (χ4v) is 3.64. The SMILES string of the molecule is C[C@H](OC(=O)C1CCC(C(C)(C)C)CC1)C(=O)Nc1cc([N+](=O)[O-])ccc1Cl. The van der Waals surface area contributed by atoms with Crippen LogP contribution < -0.4 is 5.32 Å². The van der Waals surface area contributed by atoms with Gasteiger partial charge in [0.1, 0.15) is 0 Å². The van der Waals surface area contributed by atoms with E-state index in [9.17, 15) is 19.7 Å². The number of nitrogens with one attached hydrogen (secondary N) is 1. The molecule has 154 valence electrons. The fraction of sp³-hybridized carbons (Fsp3) is 0.600. The van der Waals surface area contributed by atoms with Crippen molar-refractivity contribution < 1.29 is 19.2 Å². The average Bonchev–Trinajstić information content (AvgIpc) is 2.62. The summed E-state index contributed by atoms with van der Waals surface area (Å²) in [6.07, 6.45) is 2.42. The monoisotopic (exact) mass is 410 g/mol. The number of nitro groups is 1. The van der Waals surface area contributed by atoms with Crippen LogP contribution in [-0.4, -0.2) is 22.9 Å². The molecule has 28 heavy (non-hydrogen) atoms. The summed E-state index contributed by atoms with van der Waals surface area (Å²) < 4.78 is 5.33. The van der Waals surface area contributed by atoms with Crippen LogP contribution in [0.2, 0.25) is 5.02 Å². The van der Waals surface area contributed by atoms with Crippen LogP contribution in [0.25, 0.3) is 0 Å². The summed E-state index contributed by atoms with van der Waals surface area (Å²) in [7, 11) is 0. The summed E-state index contributed by atoms with van der Waals surface area (Å²) in [6, 6.07) is 3.75. The number of hydrogen-bond donors (Lipinski definition) is 1. The zero-order valence-electron chi connectivity index (χ0n) is 16.7. The van der Waals surface area contributed by atoms with Crippen LogP contribution in [0.3, 0.4) is 0 Å². The van der Waals surface area contributed by atoms with E-state index in [0.717, 1.165) is 25.7 Å². The summed E-state index contributed by atoms with van der Waals surface area (Å²) in [5.74, 6) is -0.581. The number of nitrogens with zero attached hydrogens (tertiary/aromatic N) is 1. The van der Waals surface area contributed by atoms with E-state index in [1.54, 1.807) is 0 Å². The Morgan fingerprint density at radius 2 is 1.86 bits per heavy atom. The number of carbonyl (C=O) groups excluding carboxylic acids is 2. The van der Waals surface area contributed by atoms with Gasteiger partial charge < -0.3 is 10.1 Å². The van der Waals surface area contributed by atoms with Crippen molar-refractivity contribution in [2.24, 2.45) is 17.3 Å². The molecule has 0 heterocycles. The summed E-state index contributed by atoms with van der Waals surface area (Å²) in [6.45, 7) is 8.10. The zero-order valence-corrected chi connectivity index (χ0v) is 17.4. The average molecular weight is 411 g/mol. The Hall–Kier alpha value is -2.15. The number of benzene rings is 1. The quantitative estimate of drug-likeness (QED) is 0.419. The van der Waals surface area contributed by atoms with Gasteiger partial charge in [0.2, 0.25) is 0 Å². The van der Waals surface area contributed by atoms with Crippen LogP contribution in [0, 0.1) is 27.4 Å². The van der Waals surface area contributed by atoms with Crippen LogP contribution in [0.1, 0.15) is 53.4 Å². The summed E-state index contributed by atoms with van der Waals surface area (Å²) >= 11 is 5.98. The third-order valence-electron chi connectivity index (χ3n) is 5.37. The highest BCUT2D eigenvalue weighted by atomic mass is 35.5. The zero-order chi connectivity index (χ0) is 21.1. The molecule has 1 N–H and O–H groups in total. The lowest BCUT2D eigenvalue weighted by Crippen LogP contribution is -2.34. The van der Waals surface area contributed by atoms with E-state index >= 15 is 0 Å². The maximum atomic E-state index is 12.4. The molecule has 0 aromatic heterocycles. The van der Waals surface area contributed by atoms with Crippen molar-refractivity contribution in [2.75, 3.05) is 5.32 Å². The molecule has 1 aromatic carbocycles. The van der Waals surface area contributed by atoms with Crippen LogP contribution in [-0.2, 0) is 14.3 Å². The highest BCUT2D eigenvalue weighted by Gasteiger charge is 2.34. The Balaban J connectivity index is 1.91. The molecule has 8 heteroatoms. The molecule has 0 radical (unpaired) electrons. The van der Waals surface area contributed by atoms with Gasteiger partial charge in [-0.15, -0.1) is 0 Å². The molecular formula is C20H27ClN2O5. The Bertz CT molecular complexity index is 751. The van der Waals surface area contributed by atoms with E-state index in [0.29, 0.717) is 5.92 Å². The number of rotatable bonds is 5. The van der Waals surface area contributed by atoms with Gasteiger partial charge in [0.15, 0.2) is 6.10 Å². The molecule has 1 aromatic rings. The first kappa shape index (κ1) is 22.1. The largest absolute Gasteiger partial charge is 0.452 e. The van der Waals surface area contributed by atoms with Crippen LogP contribution in [0.15, 0.2) is 18.2 Å². The van der Waals surface area contributed by atoms with Crippen molar-refractivity contribution in [3.05, 3.63) is 33.3 Å². The van der Waals surface area contributed by atoms with Gasteiger partial charge >= 0.3 is 5.97 Å². The predicted molar refractivity (Wildman–Crippen MR) is 107 cm³/mol. The molecule has 1 saturated carbocycles. The Kier molecular flexibility index (Phi) is 7.04. The van der Waals surface area contributed by atoms with Crippen molar-refractivity contribution in [3.63, 3.8) is 0 Å². The van der Waals surface area contributed by atoms with Crippen LogP contribution in [0.4, 0.5) is 11.4 Å². The molecule has 0 aliphatic heterocycles. The molecule has 7 nitrogen and oxygen atoms in total. The number of hydrogen-bond acceptors (Lipinski definition) is 5. The number of non-ortho nitro benzene ring substituents is 1. The van der Waals surface area contributed by atoms with Gasteiger partial charge in [-0.3, -0.25) is 19.7 Å². The molecule has 0 unspecified atom stereocenters. The van der Waals surface area contributed by atoms with E-state index < -0.39 is 16.9 Å². The molecule has 1 atom stereocenters. The Morgan fingerprint density at radius 1 is 1.25 bits per heavy atom. The highest BCUT2D eigenvalue weighted by molar-refractivity contribution is 6.33. The molecule has 0 saturated heterocycles. The van der Waals surface area contributed by atoms with Crippen molar-refractivity contribution >= 4 is 34.9 Å². The first-order valence-corrected chi connectivity index (χ1v) is 9.82. The fourth-order valence-electron chi connectivity index (χ4n) is 3.48. The molecule has 0 bridgehead atoms. The normalized spacial score (nSPS) is 20.9. The minimum atomic E-state index is -1.02. The molecule has 0 spiro atoms. The Labute approximate surface area is 169 Å². The second kappa shape index (κ2) is 8.90. The number of halogens is 1. The molecule has 1 aliphatic carbocycles. The third kappa shape index (κ3) is 5.67. The number of carbonyl (C=O) groups is 2. The van der Waals surface area contributed by atoms with Crippen molar-refractivity contribution in [1.29, 1.82) is 0 Å². The molecule has 1 aliphatic rings. The van der Waals surface area contributed by atoms with Gasteiger partial charge in [0, 0.05) is 12.1 Å². The molecule has 2 rings (SSSR count). The first-order chi connectivity index (χ1) is 13.0. The van der Waals surface area contributed by atoms with Gasteiger partial charge in [-0.25, -0.2) is 0 Å². The van der Waals surface area contributed by atoms with E-state index in [1.807, 2.05) is 0 Å². The standard InChI is InChI=1S/C20H27ClN2O5/c1-12(18(24)22-17-11-15(23(26)27)9-10-16(17)21)28-19(25)13-5-7-14(8-6-13)20(2,3)4/h9-14H,5-8H2,1-4H3,(H,22,24)/t12-,13?,14?/m0/s1. The van der Waals surface area contributed by atoms with Crippen LogP contribution in [0.5, 0.6) is 0 Å². The predicted octanol–water partition coefficient (Wildman–Crippen LogP) is 4.97. The first-order valence-electron chi connectivity index (χ1n) is 9.44. The van der Waals surface area contributed by atoms with E-state index in [-0.39, 0.29) is 33.7 Å². The van der Waals surface area contributed by atoms with E-state index in [1.165, 1.54) is 25.1 Å². The summed E-state index contributed by atoms with van der Waals surface area (Å²) in [5, 5.41) is 13.5. The number of nitro benzene ring substituents is 1. The Morgan fingerprint density at radius 3 is 2.39 bits per heavy atom. The second-order valence-electron chi connectivity index (χ2n) is 8.40. The van der Waals surface area contributed by atoms with Crippen molar-refractivity contribution in [1.82, 2.24) is 0 Å². The van der Waals surface area contributed by atoms with Crippen LogP contribution >= 0.6 is 11.6 Å². The van der Waals surface area contributed by atoms with E-state index in [2.05, 4.69) is 26.1 Å². The molecule has 1 amide bonds. The number of anilines is 1. The summed E-state index contributed by atoms with van der Waals surface area (Å²) in [4.78, 5) is 35.0. The molecular weight excluding hydrogens is 384 g/mol. The van der Waals surface area contributed by atoms with Gasteiger partial charge in [-0.1, -0.05) is 32.4 Å². The maximum Gasteiger partial charge on any atom is 0.309 e. The minimum absolute atomic E-state index is 0.106.